The molecule has 0 aliphatic carbocycles. The van der Waals surface area contributed by atoms with Crippen molar-refractivity contribution in [3.05, 3.63) is 60.9 Å². The van der Waals surface area contributed by atoms with Crippen LogP contribution in [-0.4, -0.2) is 10.5 Å². The number of amides is 1. The maximum Gasteiger partial charge on any atom is 0.269 e. The van der Waals surface area contributed by atoms with Crippen molar-refractivity contribution in [3.63, 3.8) is 0 Å². The highest BCUT2D eigenvalue weighted by atomic mass is 35.5. The van der Waals surface area contributed by atoms with Crippen molar-refractivity contribution >= 4 is 58.0 Å². The molecule has 4 nitrogen and oxygen atoms in total. The van der Waals surface area contributed by atoms with Crippen LogP contribution < -0.4 is 10.9 Å². The third-order valence-corrected chi connectivity index (χ3v) is 3.74. The van der Waals surface area contributed by atoms with Crippen LogP contribution in [0.25, 0.3) is 0 Å². The summed E-state index contributed by atoms with van der Waals surface area (Å²) in [7, 11) is 0. The standard InChI is InChI=1S/C13H8Cl4N2O2/c14-7-3-11(17)13(21)19(5-7)6-12(20)18-8-1-2-9(15)10(16)4-8/h1-5H,6H2,(H,18,20). The zero-order valence-electron chi connectivity index (χ0n) is 10.4. The second kappa shape index (κ2) is 6.71. The summed E-state index contributed by atoms with van der Waals surface area (Å²) >= 11 is 23.1. The van der Waals surface area contributed by atoms with Crippen molar-refractivity contribution in [2.75, 3.05) is 5.32 Å². The number of carbonyl (C=O) groups excluding carboxylic acids is 1. The van der Waals surface area contributed by atoms with Crippen LogP contribution in [-0.2, 0) is 11.3 Å². The van der Waals surface area contributed by atoms with Gasteiger partial charge in [-0.15, -0.1) is 0 Å². The topological polar surface area (TPSA) is 51.1 Å². The number of rotatable bonds is 3. The highest BCUT2D eigenvalue weighted by Crippen LogP contribution is 2.25. The third-order valence-electron chi connectivity index (χ3n) is 2.53. The Kier molecular flexibility index (Phi) is 5.17. The van der Waals surface area contributed by atoms with Crippen LogP contribution >= 0.6 is 46.4 Å². The van der Waals surface area contributed by atoms with Crippen molar-refractivity contribution < 1.29 is 4.79 Å². The average molecular weight is 366 g/mol. The van der Waals surface area contributed by atoms with Gasteiger partial charge in [-0.3, -0.25) is 9.59 Å². The molecule has 110 valence electrons. The number of carbonyl (C=O) groups is 1. The maximum absolute atomic E-state index is 11.9. The number of hydrogen-bond donors (Lipinski definition) is 1. The van der Waals surface area contributed by atoms with Gasteiger partial charge < -0.3 is 9.88 Å². The normalized spacial score (nSPS) is 10.5. The molecule has 0 spiro atoms. The number of nitrogens with zero attached hydrogens (tertiary/aromatic N) is 1. The van der Waals surface area contributed by atoms with Crippen molar-refractivity contribution in [2.45, 2.75) is 6.54 Å². The first kappa shape index (κ1) is 16.2. The molecule has 0 saturated heterocycles. The van der Waals surface area contributed by atoms with E-state index in [0.29, 0.717) is 15.7 Å². The van der Waals surface area contributed by atoms with Crippen LogP contribution in [0.4, 0.5) is 5.69 Å². The van der Waals surface area contributed by atoms with Crippen LogP contribution in [0.15, 0.2) is 35.3 Å². The average Bonchev–Trinajstić information content (AvgIpc) is 2.39. The smallest absolute Gasteiger partial charge is 0.269 e. The molecule has 1 N–H and O–H groups in total. The van der Waals surface area contributed by atoms with Crippen LogP contribution in [0.3, 0.4) is 0 Å². The number of pyridine rings is 1. The largest absolute Gasteiger partial charge is 0.324 e. The summed E-state index contributed by atoms with van der Waals surface area (Å²) in [5.74, 6) is -0.422. The summed E-state index contributed by atoms with van der Waals surface area (Å²) < 4.78 is 1.12. The Morgan fingerprint density at radius 3 is 2.43 bits per heavy atom. The third kappa shape index (κ3) is 4.14. The van der Waals surface area contributed by atoms with Gasteiger partial charge in [0, 0.05) is 11.9 Å². The summed E-state index contributed by atoms with van der Waals surface area (Å²) in [4.78, 5) is 23.7. The van der Waals surface area contributed by atoms with Crippen LogP contribution in [0.2, 0.25) is 20.1 Å². The SMILES string of the molecule is O=C(Cn1cc(Cl)cc(Cl)c1=O)Nc1ccc(Cl)c(Cl)c1. The summed E-state index contributed by atoms with van der Waals surface area (Å²) in [5, 5.41) is 3.51. The molecule has 21 heavy (non-hydrogen) atoms. The van der Waals surface area contributed by atoms with Crippen molar-refractivity contribution in [1.29, 1.82) is 0 Å². The second-order valence-corrected chi connectivity index (χ2v) is 5.77. The highest BCUT2D eigenvalue weighted by molar-refractivity contribution is 6.42. The van der Waals surface area contributed by atoms with Gasteiger partial charge in [-0.25, -0.2) is 0 Å². The van der Waals surface area contributed by atoms with E-state index in [-0.39, 0.29) is 16.6 Å². The predicted molar refractivity (Wildman–Crippen MR) is 85.8 cm³/mol. The van der Waals surface area contributed by atoms with Crippen molar-refractivity contribution in [3.8, 4) is 0 Å². The molecule has 1 heterocycles. The molecular formula is C13H8Cl4N2O2. The van der Waals surface area contributed by atoms with E-state index in [9.17, 15) is 9.59 Å². The minimum atomic E-state index is -0.495. The van der Waals surface area contributed by atoms with E-state index in [0.717, 1.165) is 4.57 Å². The molecule has 2 aromatic rings. The minimum absolute atomic E-state index is 0.0511. The van der Waals surface area contributed by atoms with Gasteiger partial charge in [0.15, 0.2) is 0 Å². The maximum atomic E-state index is 11.9. The Bertz CT molecular complexity index is 758. The van der Waals surface area contributed by atoms with Gasteiger partial charge in [-0.05, 0) is 24.3 Å². The molecule has 0 radical (unpaired) electrons. The second-order valence-electron chi connectivity index (χ2n) is 4.12. The molecular weight excluding hydrogens is 358 g/mol. The van der Waals surface area contributed by atoms with Gasteiger partial charge in [-0.1, -0.05) is 46.4 Å². The Hall–Kier alpha value is -1.20. The number of hydrogen-bond acceptors (Lipinski definition) is 2. The van der Waals surface area contributed by atoms with Crippen molar-refractivity contribution in [1.82, 2.24) is 4.57 Å². The van der Waals surface area contributed by atoms with Crippen molar-refractivity contribution in [2.24, 2.45) is 0 Å². The molecule has 0 aliphatic heterocycles. The highest BCUT2D eigenvalue weighted by Gasteiger charge is 2.09. The van der Waals surface area contributed by atoms with E-state index < -0.39 is 11.5 Å². The van der Waals surface area contributed by atoms with Gasteiger partial charge in [0.2, 0.25) is 5.91 Å². The Morgan fingerprint density at radius 2 is 1.76 bits per heavy atom. The fourth-order valence-electron chi connectivity index (χ4n) is 1.61. The van der Waals surface area contributed by atoms with Gasteiger partial charge in [0.05, 0.1) is 15.1 Å². The number of aromatic nitrogens is 1. The molecule has 0 aliphatic rings. The first-order valence-electron chi connectivity index (χ1n) is 5.67. The van der Waals surface area contributed by atoms with Crippen LogP contribution in [0, 0.1) is 0 Å². The molecule has 0 unspecified atom stereocenters. The lowest BCUT2D eigenvalue weighted by Gasteiger charge is -2.09. The van der Waals surface area contributed by atoms with Gasteiger partial charge in [0.25, 0.3) is 5.56 Å². The van der Waals surface area contributed by atoms with E-state index >= 15 is 0 Å². The summed E-state index contributed by atoms with van der Waals surface area (Å²) in [6.45, 7) is -0.223. The molecule has 1 aromatic carbocycles. The quantitative estimate of drug-likeness (QED) is 0.890. The Morgan fingerprint density at radius 1 is 1.05 bits per heavy atom. The lowest BCUT2D eigenvalue weighted by atomic mass is 10.3. The van der Waals surface area contributed by atoms with E-state index in [1.165, 1.54) is 18.3 Å². The molecule has 0 bridgehead atoms. The fourth-order valence-corrected chi connectivity index (χ4v) is 2.42. The van der Waals surface area contributed by atoms with Gasteiger partial charge >= 0.3 is 0 Å². The number of anilines is 1. The zero-order valence-corrected chi connectivity index (χ0v) is 13.4. The molecule has 1 aromatic heterocycles. The monoisotopic (exact) mass is 364 g/mol. The van der Waals surface area contributed by atoms with E-state index in [1.54, 1.807) is 12.1 Å². The Labute approximate surface area is 140 Å². The zero-order chi connectivity index (χ0) is 15.6. The molecule has 2 rings (SSSR count). The minimum Gasteiger partial charge on any atom is -0.324 e. The van der Waals surface area contributed by atoms with E-state index in [2.05, 4.69) is 5.32 Å². The van der Waals surface area contributed by atoms with E-state index in [4.69, 9.17) is 46.4 Å². The molecule has 0 atom stereocenters. The lowest BCUT2D eigenvalue weighted by molar-refractivity contribution is -0.116. The van der Waals surface area contributed by atoms with Crippen LogP contribution in [0.5, 0.6) is 0 Å². The Balaban J connectivity index is 2.15. The summed E-state index contributed by atoms with van der Waals surface area (Å²) in [5.41, 5.74) is -0.0269. The van der Waals surface area contributed by atoms with Gasteiger partial charge in [0.1, 0.15) is 11.6 Å². The van der Waals surface area contributed by atoms with E-state index in [1.807, 2.05) is 0 Å². The summed E-state index contributed by atoms with van der Waals surface area (Å²) in [6.07, 6.45) is 1.34. The first-order valence-corrected chi connectivity index (χ1v) is 7.18. The fraction of sp³-hybridized carbons (Fsp3) is 0.0769. The molecule has 8 heteroatoms. The summed E-state index contributed by atoms with van der Waals surface area (Å²) in [6, 6.07) is 5.98. The number of halogens is 4. The molecule has 0 fully saturated rings. The van der Waals surface area contributed by atoms with Gasteiger partial charge in [-0.2, -0.15) is 0 Å². The first-order chi connectivity index (χ1) is 9.86. The molecule has 1 amide bonds. The van der Waals surface area contributed by atoms with Crippen LogP contribution in [0.1, 0.15) is 0 Å². The number of benzene rings is 1. The molecule has 0 saturated carbocycles. The predicted octanol–water partition coefficient (Wildman–Crippen LogP) is 4.10. The lowest BCUT2D eigenvalue weighted by Crippen LogP contribution is -2.27. The number of nitrogens with one attached hydrogen (secondary N) is 1.